The first kappa shape index (κ1) is 12.9. The molecule has 0 spiro atoms. The van der Waals surface area contributed by atoms with E-state index in [2.05, 4.69) is 10.6 Å². The topological polar surface area (TPSA) is 61.4 Å². The fourth-order valence-corrected chi connectivity index (χ4v) is 2.68. The normalized spacial score (nSPS) is 16.4. The highest BCUT2D eigenvalue weighted by Gasteiger charge is 2.23. The van der Waals surface area contributed by atoms with Gasteiger partial charge in [-0.2, -0.15) is 0 Å². The summed E-state index contributed by atoms with van der Waals surface area (Å²) < 4.78 is 0. The van der Waals surface area contributed by atoms with Crippen LogP contribution in [0.5, 0.6) is 0 Å². The van der Waals surface area contributed by atoms with E-state index in [1.807, 2.05) is 17.5 Å². The Kier molecular flexibility index (Phi) is 4.19. The lowest BCUT2D eigenvalue weighted by Crippen LogP contribution is -2.48. The zero-order valence-electron chi connectivity index (χ0n) is 10.3. The third-order valence-electron chi connectivity index (χ3n) is 3.08. The second-order valence-electron chi connectivity index (χ2n) is 4.27. The Labute approximate surface area is 110 Å². The lowest BCUT2D eigenvalue weighted by atomic mass is 10.1. The standard InChI is InChI=1S/C12H17N3O2S/c1-13-12(17)15-6-4-9(5-7-15)14-11(16)10-3-2-8-18-10/h2-3,8-9H,4-7H2,1H3,(H,13,17)(H,14,16). The van der Waals surface area contributed by atoms with E-state index in [1.54, 1.807) is 11.9 Å². The zero-order valence-corrected chi connectivity index (χ0v) is 11.1. The molecule has 0 saturated carbocycles. The number of nitrogens with one attached hydrogen (secondary N) is 2. The molecule has 2 heterocycles. The molecule has 1 aromatic rings. The van der Waals surface area contributed by atoms with E-state index >= 15 is 0 Å². The summed E-state index contributed by atoms with van der Waals surface area (Å²) in [4.78, 5) is 25.8. The molecule has 2 rings (SSSR count). The first-order valence-electron chi connectivity index (χ1n) is 6.01. The van der Waals surface area contributed by atoms with Crippen LogP contribution in [0.15, 0.2) is 17.5 Å². The summed E-state index contributed by atoms with van der Waals surface area (Å²) in [6, 6.07) is 3.81. The maximum Gasteiger partial charge on any atom is 0.317 e. The number of carbonyl (C=O) groups excluding carboxylic acids is 2. The second kappa shape index (κ2) is 5.86. The molecule has 0 bridgehead atoms. The molecule has 1 aromatic heterocycles. The van der Waals surface area contributed by atoms with Gasteiger partial charge in [0.05, 0.1) is 4.88 Å². The number of likely N-dealkylation sites (tertiary alicyclic amines) is 1. The Morgan fingerprint density at radius 1 is 1.39 bits per heavy atom. The molecule has 1 fully saturated rings. The van der Waals surface area contributed by atoms with Crippen LogP contribution in [0.4, 0.5) is 4.79 Å². The van der Waals surface area contributed by atoms with Gasteiger partial charge in [0.25, 0.3) is 5.91 Å². The van der Waals surface area contributed by atoms with E-state index in [1.165, 1.54) is 11.3 Å². The number of nitrogens with zero attached hydrogens (tertiary/aromatic N) is 1. The summed E-state index contributed by atoms with van der Waals surface area (Å²) >= 11 is 1.44. The smallest absolute Gasteiger partial charge is 0.317 e. The largest absolute Gasteiger partial charge is 0.348 e. The lowest BCUT2D eigenvalue weighted by Gasteiger charge is -2.31. The summed E-state index contributed by atoms with van der Waals surface area (Å²) in [5.41, 5.74) is 0. The molecule has 0 radical (unpaired) electrons. The minimum atomic E-state index is -0.0435. The summed E-state index contributed by atoms with van der Waals surface area (Å²) in [7, 11) is 1.63. The highest BCUT2D eigenvalue weighted by Crippen LogP contribution is 2.13. The van der Waals surface area contributed by atoms with Gasteiger partial charge in [-0.1, -0.05) is 6.07 Å². The molecule has 18 heavy (non-hydrogen) atoms. The van der Waals surface area contributed by atoms with E-state index in [0.717, 1.165) is 17.7 Å². The van der Waals surface area contributed by atoms with Gasteiger partial charge in [-0.3, -0.25) is 4.79 Å². The first-order chi connectivity index (χ1) is 8.70. The fraction of sp³-hybridized carbons (Fsp3) is 0.500. The Bertz CT molecular complexity index is 411. The van der Waals surface area contributed by atoms with Crippen LogP contribution in [0.2, 0.25) is 0 Å². The van der Waals surface area contributed by atoms with E-state index in [0.29, 0.717) is 13.1 Å². The molecule has 3 amide bonds. The van der Waals surface area contributed by atoms with Crippen LogP contribution >= 0.6 is 11.3 Å². The summed E-state index contributed by atoms with van der Waals surface area (Å²) in [6.07, 6.45) is 1.62. The number of thiophene rings is 1. The Morgan fingerprint density at radius 2 is 2.11 bits per heavy atom. The zero-order chi connectivity index (χ0) is 13.0. The van der Waals surface area contributed by atoms with E-state index in [9.17, 15) is 9.59 Å². The summed E-state index contributed by atoms with van der Waals surface area (Å²) in [5, 5.41) is 7.52. The molecule has 98 valence electrons. The van der Waals surface area contributed by atoms with Crippen LogP contribution in [0.3, 0.4) is 0 Å². The molecule has 0 atom stereocenters. The van der Waals surface area contributed by atoms with Gasteiger partial charge in [0, 0.05) is 26.2 Å². The predicted molar refractivity (Wildman–Crippen MR) is 70.8 cm³/mol. The van der Waals surface area contributed by atoms with Crippen molar-refractivity contribution in [2.24, 2.45) is 0 Å². The van der Waals surface area contributed by atoms with Gasteiger partial charge in [-0.15, -0.1) is 11.3 Å². The average Bonchev–Trinajstić information content (AvgIpc) is 2.92. The molecule has 0 unspecified atom stereocenters. The van der Waals surface area contributed by atoms with Crippen LogP contribution in [-0.2, 0) is 0 Å². The minimum absolute atomic E-state index is 0.0107. The molecule has 0 aromatic carbocycles. The van der Waals surface area contributed by atoms with Crippen molar-refractivity contribution in [1.82, 2.24) is 15.5 Å². The van der Waals surface area contributed by atoms with Crippen LogP contribution in [0.1, 0.15) is 22.5 Å². The van der Waals surface area contributed by atoms with Crippen molar-refractivity contribution in [3.63, 3.8) is 0 Å². The fourth-order valence-electron chi connectivity index (χ4n) is 2.05. The van der Waals surface area contributed by atoms with Crippen LogP contribution in [0.25, 0.3) is 0 Å². The van der Waals surface area contributed by atoms with Crippen molar-refractivity contribution in [1.29, 1.82) is 0 Å². The summed E-state index contributed by atoms with van der Waals surface area (Å²) in [6.45, 7) is 1.38. The molecule has 2 N–H and O–H groups in total. The van der Waals surface area contributed by atoms with Crippen molar-refractivity contribution in [3.05, 3.63) is 22.4 Å². The maximum atomic E-state index is 11.9. The number of rotatable bonds is 2. The van der Waals surface area contributed by atoms with Gasteiger partial charge >= 0.3 is 6.03 Å². The number of hydrogen-bond acceptors (Lipinski definition) is 3. The Hall–Kier alpha value is -1.56. The molecular formula is C12H17N3O2S. The van der Waals surface area contributed by atoms with Gasteiger partial charge in [-0.05, 0) is 24.3 Å². The number of urea groups is 1. The van der Waals surface area contributed by atoms with Crippen molar-refractivity contribution in [2.45, 2.75) is 18.9 Å². The average molecular weight is 267 g/mol. The van der Waals surface area contributed by atoms with Crippen molar-refractivity contribution >= 4 is 23.3 Å². The summed E-state index contributed by atoms with van der Waals surface area (Å²) in [5.74, 6) is -0.0107. The molecule has 1 saturated heterocycles. The van der Waals surface area contributed by atoms with E-state index in [4.69, 9.17) is 0 Å². The monoisotopic (exact) mass is 267 g/mol. The van der Waals surface area contributed by atoms with Gasteiger partial charge in [0.15, 0.2) is 0 Å². The Morgan fingerprint density at radius 3 is 2.67 bits per heavy atom. The van der Waals surface area contributed by atoms with Crippen LogP contribution < -0.4 is 10.6 Å². The highest BCUT2D eigenvalue weighted by atomic mass is 32.1. The van der Waals surface area contributed by atoms with Gasteiger partial charge < -0.3 is 15.5 Å². The molecular weight excluding hydrogens is 250 g/mol. The van der Waals surface area contributed by atoms with Gasteiger partial charge in [-0.25, -0.2) is 4.79 Å². The van der Waals surface area contributed by atoms with Crippen molar-refractivity contribution < 1.29 is 9.59 Å². The van der Waals surface area contributed by atoms with Gasteiger partial charge in [0.2, 0.25) is 0 Å². The molecule has 1 aliphatic heterocycles. The maximum absolute atomic E-state index is 11.9. The SMILES string of the molecule is CNC(=O)N1CCC(NC(=O)c2cccs2)CC1. The molecule has 1 aliphatic rings. The lowest BCUT2D eigenvalue weighted by molar-refractivity contribution is 0.0922. The number of piperidine rings is 1. The van der Waals surface area contributed by atoms with E-state index < -0.39 is 0 Å². The van der Waals surface area contributed by atoms with Crippen LogP contribution in [-0.4, -0.2) is 43.0 Å². The third kappa shape index (κ3) is 3.01. The minimum Gasteiger partial charge on any atom is -0.348 e. The second-order valence-corrected chi connectivity index (χ2v) is 5.21. The van der Waals surface area contributed by atoms with Crippen molar-refractivity contribution in [2.75, 3.05) is 20.1 Å². The van der Waals surface area contributed by atoms with Crippen molar-refractivity contribution in [3.8, 4) is 0 Å². The number of carbonyl (C=O) groups is 2. The molecule has 6 heteroatoms. The van der Waals surface area contributed by atoms with E-state index in [-0.39, 0.29) is 18.0 Å². The van der Waals surface area contributed by atoms with Crippen LogP contribution in [0, 0.1) is 0 Å². The highest BCUT2D eigenvalue weighted by molar-refractivity contribution is 7.12. The molecule has 5 nitrogen and oxygen atoms in total. The predicted octanol–water partition coefficient (Wildman–Crippen LogP) is 1.28. The Balaban J connectivity index is 1.80. The van der Waals surface area contributed by atoms with Gasteiger partial charge in [0.1, 0.15) is 0 Å². The third-order valence-corrected chi connectivity index (χ3v) is 3.94. The number of amides is 3. The first-order valence-corrected chi connectivity index (χ1v) is 6.89. The molecule has 0 aliphatic carbocycles. The quantitative estimate of drug-likeness (QED) is 0.848. The number of hydrogen-bond donors (Lipinski definition) is 2.